The third-order valence-electron chi connectivity index (χ3n) is 2.64. The molecule has 1 heterocycles. The van der Waals surface area contributed by atoms with Gasteiger partial charge in [-0.15, -0.1) is 5.10 Å². The van der Waals surface area contributed by atoms with Crippen LogP contribution in [0.1, 0.15) is 29.9 Å². The summed E-state index contributed by atoms with van der Waals surface area (Å²) in [4.78, 5) is 3.82. The van der Waals surface area contributed by atoms with Gasteiger partial charge in [0.05, 0.1) is 5.69 Å². The van der Waals surface area contributed by atoms with Crippen molar-refractivity contribution >= 4 is 0 Å². The molecule has 0 radical (unpaired) electrons. The van der Waals surface area contributed by atoms with Crippen LogP contribution in [0, 0.1) is 24.1 Å². The standard InChI is InChI=1S/C12H12FN5/c1-7-3-11(9(8(2)15)4-10(7)13)18-6-16-12(5-14)17-18/h3-4,6,8H,15H2,1-2H3/t8-/m1/s1. The second-order valence-electron chi connectivity index (χ2n) is 4.07. The van der Waals surface area contributed by atoms with E-state index in [1.54, 1.807) is 19.9 Å². The average Bonchev–Trinajstić information content (AvgIpc) is 2.80. The van der Waals surface area contributed by atoms with Crippen LogP contribution in [0.5, 0.6) is 0 Å². The van der Waals surface area contributed by atoms with Gasteiger partial charge in [0.15, 0.2) is 0 Å². The van der Waals surface area contributed by atoms with E-state index in [9.17, 15) is 4.39 Å². The maximum atomic E-state index is 13.6. The molecule has 6 heteroatoms. The molecule has 0 saturated heterocycles. The predicted octanol–water partition coefficient (Wildman–Crippen LogP) is 1.61. The van der Waals surface area contributed by atoms with Gasteiger partial charge in [-0.25, -0.2) is 14.1 Å². The molecule has 0 amide bonds. The molecule has 0 saturated carbocycles. The van der Waals surface area contributed by atoms with Gasteiger partial charge in [-0.05, 0) is 37.1 Å². The van der Waals surface area contributed by atoms with Gasteiger partial charge in [0, 0.05) is 6.04 Å². The minimum atomic E-state index is -0.343. The summed E-state index contributed by atoms with van der Waals surface area (Å²) in [7, 11) is 0. The number of halogens is 1. The lowest BCUT2D eigenvalue weighted by molar-refractivity contribution is 0.611. The van der Waals surface area contributed by atoms with Gasteiger partial charge < -0.3 is 5.73 Å². The molecule has 0 spiro atoms. The zero-order chi connectivity index (χ0) is 13.3. The van der Waals surface area contributed by atoms with E-state index in [1.165, 1.54) is 17.1 Å². The molecule has 92 valence electrons. The van der Waals surface area contributed by atoms with Gasteiger partial charge >= 0.3 is 0 Å². The normalized spacial score (nSPS) is 12.2. The summed E-state index contributed by atoms with van der Waals surface area (Å²) < 4.78 is 15.0. The van der Waals surface area contributed by atoms with Crippen LogP contribution >= 0.6 is 0 Å². The number of benzene rings is 1. The van der Waals surface area contributed by atoms with Crippen molar-refractivity contribution in [3.05, 3.63) is 41.2 Å². The molecule has 0 aliphatic heterocycles. The van der Waals surface area contributed by atoms with Crippen LogP contribution < -0.4 is 5.73 Å². The highest BCUT2D eigenvalue weighted by molar-refractivity contribution is 5.45. The lowest BCUT2D eigenvalue weighted by atomic mass is 10.0. The first-order valence-electron chi connectivity index (χ1n) is 5.40. The quantitative estimate of drug-likeness (QED) is 0.871. The van der Waals surface area contributed by atoms with E-state index in [4.69, 9.17) is 11.0 Å². The number of nitriles is 1. The molecule has 2 rings (SSSR count). The van der Waals surface area contributed by atoms with Crippen molar-refractivity contribution in [1.29, 1.82) is 5.26 Å². The van der Waals surface area contributed by atoms with Crippen molar-refractivity contribution in [2.24, 2.45) is 5.73 Å². The lowest BCUT2D eigenvalue weighted by Gasteiger charge is -2.13. The van der Waals surface area contributed by atoms with Crippen LogP contribution in [-0.4, -0.2) is 14.8 Å². The SMILES string of the molecule is Cc1cc(-n2cnc(C#N)n2)c([C@@H](C)N)cc1F. The molecule has 2 aromatic rings. The Bertz CT molecular complexity index is 624. The first-order valence-corrected chi connectivity index (χ1v) is 5.40. The molecule has 2 N–H and O–H groups in total. The van der Waals surface area contributed by atoms with Crippen LogP contribution in [0.2, 0.25) is 0 Å². The van der Waals surface area contributed by atoms with Crippen molar-refractivity contribution in [2.45, 2.75) is 19.9 Å². The molecule has 18 heavy (non-hydrogen) atoms. The molecule has 1 aromatic heterocycles. The molecule has 0 fully saturated rings. The number of aryl methyl sites for hydroxylation is 1. The van der Waals surface area contributed by atoms with Gasteiger partial charge in [-0.1, -0.05) is 0 Å². The summed E-state index contributed by atoms with van der Waals surface area (Å²) in [6, 6.07) is 4.54. The Balaban J connectivity index is 2.62. The van der Waals surface area contributed by atoms with Crippen LogP contribution in [0.25, 0.3) is 5.69 Å². The fraction of sp³-hybridized carbons (Fsp3) is 0.250. The number of nitrogens with two attached hydrogens (primary N) is 1. The van der Waals surface area contributed by atoms with Gasteiger partial charge in [-0.2, -0.15) is 5.26 Å². The minimum Gasteiger partial charge on any atom is -0.324 e. The van der Waals surface area contributed by atoms with E-state index in [0.717, 1.165) is 0 Å². The molecule has 1 atom stereocenters. The minimum absolute atomic E-state index is 0.0626. The molecule has 0 aliphatic rings. The highest BCUT2D eigenvalue weighted by Crippen LogP contribution is 2.23. The lowest BCUT2D eigenvalue weighted by Crippen LogP contribution is -2.11. The van der Waals surface area contributed by atoms with E-state index in [-0.39, 0.29) is 17.7 Å². The number of aromatic nitrogens is 3. The van der Waals surface area contributed by atoms with Crippen molar-refractivity contribution in [2.75, 3.05) is 0 Å². The second kappa shape index (κ2) is 4.55. The molecule has 0 aliphatic carbocycles. The summed E-state index contributed by atoms with van der Waals surface area (Å²) in [5.74, 6) is -0.251. The molecular weight excluding hydrogens is 233 g/mol. The van der Waals surface area contributed by atoms with Gasteiger partial charge in [0.1, 0.15) is 18.2 Å². The Morgan fingerprint density at radius 2 is 2.22 bits per heavy atom. The monoisotopic (exact) mass is 245 g/mol. The van der Waals surface area contributed by atoms with Crippen molar-refractivity contribution in [1.82, 2.24) is 14.8 Å². The predicted molar refractivity (Wildman–Crippen MR) is 63.4 cm³/mol. The Kier molecular flexibility index (Phi) is 3.08. The van der Waals surface area contributed by atoms with Gasteiger partial charge in [0.25, 0.3) is 5.82 Å². The van der Waals surface area contributed by atoms with Crippen LogP contribution in [0.15, 0.2) is 18.5 Å². The van der Waals surface area contributed by atoms with Crippen molar-refractivity contribution in [3.8, 4) is 11.8 Å². The summed E-state index contributed by atoms with van der Waals surface area (Å²) in [5, 5.41) is 12.7. The molecular formula is C12H12FN5. The smallest absolute Gasteiger partial charge is 0.252 e. The Morgan fingerprint density at radius 3 is 2.78 bits per heavy atom. The highest BCUT2D eigenvalue weighted by Gasteiger charge is 2.13. The zero-order valence-electron chi connectivity index (χ0n) is 10.1. The summed E-state index contributed by atoms with van der Waals surface area (Å²) >= 11 is 0. The fourth-order valence-electron chi connectivity index (χ4n) is 1.68. The maximum absolute atomic E-state index is 13.6. The third kappa shape index (κ3) is 2.08. The first kappa shape index (κ1) is 12.2. The Morgan fingerprint density at radius 1 is 1.50 bits per heavy atom. The molecule has 0 bridgehead atoms. The average molecular weight is 245 g/mol. The summed E-state index contributed by atoms with van der Waals surface area (Å²) in [5.41, 5.74) is 7.56. The maximum Gasteiger partial charge on any atom is 0.252 e. The zero-order valence-corrected chi connectivity index (χ0v) is 10.1. The molecule has 0 unspecified atom stereocenters. The van der Waals surface area contributed by atoms with E-state index in [2.05, 4.69) is 10.1 Å². The largest absolute Gasteiger partial charge is 0.324 e. The van der Waals surface area contributed by atoms with E-state index in [1.807, 2.05) is 6.07 Å². The second-order valence-corrected chi connectivity index (χ2v) is 4.07. The van der Waals surface area contributed by atoms with E-state index >= 15 is 0 Å². The summed E-state index contributed by atoms with van der Waals surface area (Å²) in [6.45, 7) is 3.42. The number of rotatable bonds is 2. The topological polar surface area (TPSA) is 80.5 Å². The van der Waals surface area contributed by atoms with Crippen molar-refractivity contribution < 1.29 is 4.39 Å². The highest BCUT2D eigenvalue weighted by atomic mass is 19.1. The molecule has 1 aromatic carbocycles. The number of hydrogen-bond donors (Lipinski definition) is 1. The third-order valence-corrected chi connectivity index (χ3v) is 2.64. The van der Waals surface area contributed by atoms with Crippen LogP contribution in [-0.2, 0) is 0 Å². The van der Waals surface area contributed by atoms with E-state index in [0.29, 0.717) is 16.8 Å². The van der Waals surface area contributed by atoms with Crippen molar-refractivity contribution in [3.63, 3.8) is 0 Å². The Labute approximate surface area is 104 Å². The molecule has 5 nitrogen and oxygen atoms in total. The van der Waals surface area contributed by atoms with E-state index < -0.39 is 0 Å². The fourth-order valence-corrected chi connectivity index (χ4v) is 1.68. The van der Waals surface area contributed by atoms with Gasteiger partial charge in [0.2, 0.25) is 0 Å². The number of nitrogens with zero attached hydrogens (tertiary/aromatic N) is 4. The Hall–Kier alpha value is -2.26. The summed E-state index contributed by atoms with van der Waals surface area (Å²) in [6.07, 6.45) is 1.41. The van der Waals surface area contributed by atoms with Crippen LogP contribution in [0.4, 0.5) is 4.39 Å². The van der Waals surface area contributed by atoms with Crippen LogP contribution in [0.3, 0.4) is 0 Å². The van der Waals surface area contributed by atoms with Gasteiger partial charge in [-0.3, -0.25) is 0 Å². The first-order chi connectivity index (χ1) is 8.52. The number of hydrogen-bond acceptors (Lipinski definition) is 4.